The van der Waals surface area contributed by atoms with Crippen molar-refractivity contribution in [1.29, 1.82) is 0 Å². The molecule has 0 aliphatic rings. The summed E-state index contributed by atoms with van der Waals surface area (Å²) >= 11 is 9.07. The lowest BCUT2D eigenvalue weighted by Crippen LogP contribution is -2.02. The van der Waals surface area contributed by atoms with Crippen LogP contribution in [0.15, 0.2) is 34.8 Å². The van der Waals surface area contributed by atoms with Gasteiger partial charge in [0, 0.05) is 0 Å². The van der Waals surface area contributed by atoms with E-state index in [1.165, 1.54) is 12.1 Å². The Morgan fingerprint density at radius 2 is 2.00 bits per heavy atom. The molecule has 0 saturated carbocycles. The number of hydrogen-bond acceptors (Lipinski definition) is 1. The van der Waals surface area contributed by atoms with E-state index < -0.39 is 11.6 Å². The Morgan fingerprint density at radius 1 is 1.24 bits per heavy atom. The fraction of sp³-hybridized carbons (Fsp3) is 0.133. The van der Waals surface area contributed by atoms with Crippen molar-refractivity contribution in [1.82, 2.24) is 9.55 Å². The molecule has 0 amide bonds. The van der Waals surface area contributed by atoms with E-state index in [9.17, 15) is 8.78 Å². The van der Waals surface area contributed by atoms with E-state index in [1.54, 1.807) is 22.8 Å². The zero-order chi connectivity index (χ0) is 15.1. The highest BCUT2D eigenvalue weighted by Crippen LogP contribution is 2.29. The molecule has 0 spiro atoms. The van der Waals surface area contributed by atoms with E-state index in [1.807, 2.05) is 6.92 Å². The van der Waals surface area contributed by atoms with Crippen LogP contribution >= 0.6 is 27.5 Å². The van der Waals surface area contributed by atoms with Crippen LogP contribution in [-0.4, -0.2) is 9.55 Å². The SMILES string of the molecule is Cc1cc(Br)c(F)cc1-n1c(CCl)nc2c(F)cccc21. The number of aromatic nitrogens is 2. The highest BCUT2D eigenvalue weighted by atomic mass is 79.9. The molecule has 2 aromatic carbocycles. The predicted octanol–water partition coefficient (Wildman–Crippen LogP) is 5.11. The Labute approximate surface area is 133 Å². The first kappa shape index (κ1) is 14.5. The minimum atomic E-state index is -0.423. The minimum absolute atomic E-state index is 0.102. The maximum absolute atomic E-state index is 13.9. The topological polar surface area (TPSA) is 17.8 Å². The molecule has 0 saturated heterocycles. The maximum atomic E-state index is 13.9. The maximum Gasteiger partial charge on any atom is 0.151 e. The minimum Gasteiger partial charge on any atom is -0.295 e. The summed E-state index contributed by atoms with van der Waals surface area (Å²) in [5, 5.41) is 0. The molecular weight excluding hydrogens is 362 g/mol. The van der Waals surface area contributed by atoms with Gasteiger partial charge in [-0.1, -0.05) is 6.07 Å². The summed E-state index contributed by atoms with van der Waals surface area (Å²) in [6.45, 7) is 1.85. The Hall–Kier alpha value is -1.46. The second-order valence-electron chi connectivity index (χ2n) is 4.66. The van der Waals surface area contributed by atoms with Crippen molar-refractivity contribution in [2.45, 2.75) is 12.8 Å². The average Bonchev–Trinajstić information content (AvgIpc) is 2.83. The molecule has 0 bridgehead atoms. The first-order valence-corrected chi connectivity index (χ1v) is 7.53. The molecule has 0 radical (unpaired) electrons. The lowest BCUT2D eigenvalue weighted by molar-refractivity contribution is 0.619. The lowest BCUT2D eigenvalue weighted by atomic mass is 10.2. The van der Waals surface area contributed by atoms with Crippen LogP contribution in [0.25, 0.3) is 16.7 Å². The number of aryl methyl sites for hydroxylation is 1. The summed E-state index contributed by atoms with van der Waals surface area (Å²) in [6, 6.07) is 7.74. The molecule has 0 N–H and O–H groups in total. The summed E-state index contributed by atoms with van der Waals surface area (Å²) in [6.07, 6.45) is 0. The largest absolute Gasteiger partial charge is 0.295 e. The van der Waals surface area contributed by atoms with Gasteiger partial charge in [-0.2, -0.15) is 0 Å². The molecule has 2 nitrogen and oxygen atoms in total. The van der Waals surface area contributed by atoms with E-state index in [2.05, 4.69) is 20.9 Å². The third-order valence-electron chi connectivity index (χ3n) is 3.30. The summed E-state index contributed by atoms with van der Waals surface area (Å²) in [5.74, 6) is -0.241. The Kier molecular flexibility index (Phi) is 3.71. The second kappa shape index (κ2) is 5.39. The summed E-state index contributed by atoms with van der Waals surface area (Å²) in [5.41, 5.74) is 2.23. The first-order chi connectivity index (χ1) is 10.0. The number of alkyl halides is 1. The molecule has 3 rings (SSSR count). The zero-order valence-corrected chi connectivity index (χ0v) is 13.3. The summed E-state index contributed by atoms with van der Waals surface area (Å²) in [4.78, 5) is 4.22. The standard InChI is InChI=1S/C15H10BrClF2N2/c1-8-5-9(16)11(19)6-13(8)21-12-4-2-3-10(18)15(12)20-14(21)7-17/h2-6H,7H2,1H3. The predicted molar refractivity (Wildman–Crippen MR) is 83.0 cm³/mol. The first-order valence-electron chi connectivity index (χ1n) is 6.20. The molecule has 0 unspecified atom stereocenters. The molecule has 0 aliphatic heterocycles. The fourth-order valence-electron chi connectivity index (χ4n) is 2.35. The number of fused-ring (bicyclic) bond motifs is 1. The van der Waals surface area contributed by atoms with Crippen molar-refractivity contribution in [3.8, 4) is 5.69 Å². The summed E-state index contributed by atoms with van der Waals surface area (Å²) < 4.78 is 29.8. The van der Waals surface area contributed by atoms with Crippen LogP contribution < -0.4 is 0 Å². The van der Waals surface area contributed by atoms with Crippen molar-refractivity contribution in [2.24, 2.45) is 0 Å². The van der Waals surface area contributed by atoms with Crippen LogP contribution in [0.3, 0.4) is 0 Å². The third-order valence-corrected chi connectivity index (χ3v) is 4.15. The highest BCUT2D eigenvalue weighted by Gasteiger charge is 2.17. The van der Waals surface area contributed by atoms with Crippen LogP contribution in [0.4, 0.5) is 8.78 Å². The molecule has 1 aromatic heterocycles. The molecule has 0 aliphatic carbocycles. The van der Waals surface area contributed by atoms with E-state index in [4.69, 9.17) is 11.6 Å². The fourth-order valence-corrected chi connectivity index (χ4v) is 2.99. The molecule has 3 aromatic rings. The molecule has 1 heterocycles. The van der Waals surface area contributed by atoms with Gasteiger partial charge in [-0.3, -0.25) is 4.57 Å². The molecule has 0 atom stereocenters. The number of imidazole rings is 1. The second-order valence-corrected chi connectivity index (χ2v) is 5.78. The van der Waals surface area contributed by atoms with Crippen LogP contribution in [0.5, 0.6) is 0 Å². The number of benzene rings is 2. The van der Waals surface area contributed by atoms with Crippen molar-refractivity contribution in [3.05, 3.63) is 57.8 Å². The van der Waals surface area contributed by atoms with Crippen LogP contribution in [0.1, 0.15) is 11.4 Å². The normalized spacial score (nSPS) is 11.3. The van der Waals surface area contributed by atoms with Gasteiger partial charge in [0.25, 0.3) is 0 Å². The number of hydrogen-bond donors (Lipinski definition) is 0. The lowest BCUT2D eigenvalue weighted by Gasteiger charge is -2.12. The Morgan fingerprint density at radius 3 is 2.71 bits per heavy atom. The van der Waals surface area contributed by atoms with Crippen molar-refractivity contribution < 1.29 is 8.78 Å². The highest BCUT2D eigenvalue weighted by molar-refractivity contribution is 9.10. The Bertz CT molecular complexity index is 845. The number of halogens is 4. The Balaban J connectivity index is 2.39. The smallest absolute Gasteiger partial charge is 0.151 e. The van der Waals surface area contributed by atoms with E-state index in [0.29, 0.717) is 21.5 Å². The van der Waals surface area contributed by atoms with Gasteiger partial charge in [-0.15, -0.1) is 11.6 Å². The zero-order valence-electron chi connectivity index (χ0n) is 11.0. The number of nitrogens with zero attached hydrogens (tertiary/aromatic N) is 2. The molecule has 108 valence electrons. The van der Waals surface area contributed by atoms with Gasteiger partial charge in [0.1, 0.15) is 17.2 Å². The number of para-hydroxylation sites is 1. The van der Waals surface area contributed by atoms with Crippen LogP contribution in [0, 0.1) is 18.6 Å². The van der Waals surface area contributed by atoms with E-state index in [0.717, 1.165) is 5.56 Å². The quantitative estimate of drug-likeness (QED) is 0.572. The molecule has 21 heavy (non-hydrogen) atoms. The van der Waals surface area contributed by atoms with Gasteiger partial charge in [0.2, 0.25) is 0 Å². The van der Waals surface area contributed by atoms with Crippen molar-refractivity contribution >= 4 is 38.6 Å². The van der Waals surface area contributed by atoms with Gasteiger partial charge in [-0.25, -0.2) is 13.8 Å². The van der Waals surface area contributed by atoms with Gasteiger partial charge in [0.15, 0.2) is 5.82 Å². The van der Waals surface area contributed by atoms with E-state index in [-0.39, 0.29) is 11.4 Å². The monoisotopic (exact) mass is 370 g/mol. The van der Waals surface area contributed by atoms with Crippen molar-refractivity contribution in [3.63, 3.8) is 0 Å². The molecule has 6 heteroatoms. The van der Waals surface area contributed by atoms with Crippen molar-refractivity contribution in [2.75, 3.05) is 0 Å². The van der Waals surface area contributed by atoms with Crippen LogP contribution in [0.2, 0.25) is 0 Å². The van der Waals surface area contributed by atoms with Gasteiger partial charge in [-0.05, 0) is 52.7 Å². The van der Waals surface area contributed by atoms with E-state index >= 15 is 0 Å². The van der Waals surface area contributed by atoms with Gasteiger partial charge in [0.05, 0.1) is 21.6 Å². The average molecular weight is 372 g/mol. The van der Waals surface area contributed by atoms with Crippen LogP contribution in [-0.2, 0) is 5.88 Å². The third kappa shape index (κ3) is 2.34. The number of rotatable bonds is 2. The summed E-state index contributed by atoms with van der Waals surface area (Å²) in [7, 11) is 0. The van der Waals surface area contributed by atoms with Gasteiger partial charge < -0.3 is 0 Å². The molecular formula is C15H10BrClF2N2. The molecule has 0 fully saturated rings. The van der Waals surface area contributed by atoms with Gasteiger partial charge >= 0.3 is 0 Å².